The fourth-order valence-electron chi connectivity index (χ4n) is 3.80. The highest BCUT2D eigenvalue weighted by molar-refractivity contribution is 7.33. The minimum absolute atomic E-state index is 0.567. The van der Waals surface area contributed by atoms with E-state index in [2.05, 4.69) is 27.7 Å². The molecule has 0 radical (unpaired) electrons. The Morgan fingerprint density at radius 3 is 1.32 bits per heavy atom. The Kier molecular flexibility index (Phi) is 21.7. The van der Waals surface area contributed by atoms with Gasteiger partial charge in [-0.25, -0.2) is 0 Å². The van der Waals surface area contributed by atoms with Crippen LogP contribution in [0, 0.1) is 11.8 Å². The minimum atomic E-state index is -1.94. The smallest absolute Gasteiger partial charge is 0.119 e. The third-order valence-corrected chi connectivity index (χ3v) is 6.82. The molecule has 4 heteroatoms. The van der Waals surface area contributed by atoms with Crippen LogP contribution in [-0.2, 0) is 13.6 Å². The fourth-order valence-corrected chi connectivity index (χ4v) is 4.39. The molecule has 0 aromatic rings. The van der Waals surface area contributed by atoms with Gasteiger partial charge >= 0.3 is 8.25 Å². The summed E-state index contributed by atoms with van der Waals surface area (Å²) < 4.78 is 22.8. The largest absolute Gasteiger partial charge is 0.697 e. The summed E-state index contributed by atoms with van der Waals surface area (Å²) in [6, 6.07) is 0. The molecule has 0 bridgehead atoms. The van der Waals surface area contributed by atoms with Crippen LogP contribution in [0.2, 0.25) is 0 Å². The van der Waals surface area contributed by atoms with Gasteiger partial charge in [-0.15, -0.1) is 9.05 Å². The van der Waals surface area contributed by atoms with Gasteiger partial charge in [0.1, 0.15) is 13.2 Å². The maximum atomic E-state index is 12.0. The third-order valence-electron chi connectivity index (χ3n) is 6.03. The van der Waals surface area contributed by atoms with E-state index in [0.29, 0.717) is 25.0 Å². The Balaban J connectivity index is 3.70. The van der Waals surface area contributed by atoms with Crippen molar-refractivity contribution in [3.05, 3.63) is 0 Å². The predicted octanol–water partition coefficient (Wildman–Crippen LogP) is 9.23. The molecular formula is C24H50O3P+. The summed E-state index contributed by atoms with van der Waals surface area (Å²) in [7, 11) is -1.94. The molecule has 0 saturated carbocycles. The van der Waals surface area contributed by atoms with E-state index in [1.54, 1.807) is 0 Å². The van der Waals surface area contributed by atoms with Crippen molar-refractivity contribution in [3.8, 4) is 0 Å². The van der Waals surface area contributed by atoms with E-state index in [1.165, 1.54) is 89.9 Å². The molecule has 0 N–H and O–H groups in total. The quantitative estimate of drug-likeness (QED) is 0.130. The van der Waals surface area contributed by atoms with Crippen molar-refractivity contribution in [2.75, 3.05) is 13.2 Å². The number of hydrogen-bond donors (Lipinski definition) is 0. The zero-order chi connectivity index (χ0) is 20.9. The van der Waals surface area contributed by atoms with Gasteiger partial charge in [-0.2, -0.15) is 0 Å². The molecule has 2 atom stereocenters. The summed E-state index contributed by atoms with van der Waals surface area (Å²) in [6.07, 6.45) is 20.3. The maximum Gasteiger partial charge on any atom is 0.697 e. The summed E-state index contributed by atoms with van der Waals surface area (Å²) in [4.78, 5) is 0. The fraction of sp³-hybridized carbons (Fsp3) is 1.00. The van der Waals surface area contributed by atoms with Crippen molar-refractivity contribution in [3.63, 3.8) is 0 Å². The molecule has 28 heavy (non-hydrogen) atoms. The summed E-state index contributed by atoms with van der Waals surface area (Å²) in [5.74, 6) is 1.39. The van der Waals surface area contributed by atoms with Gasteiger partial charge in [0.25, 0.3) is 0 Å². The maximum absolute atomic E-state index is 12.0. The van der Waals surface area contributed by atoms with Crippen molar-refractivity contribution in [2.45, 2.75) is 130 Å². The second-order valence-corrected chi connectivity index (χ2v) is 9.39. The zero-order valence-electron chi connectivity index (χ0n) is 19.6. The number of rotatable bonds is 22. The molecule has 2 unspecified atom stereocenters. The number of unbranched alkanes of at least 4 members (excludes halogenated alkanes) is 8. The molecule has 0 saturated heterocycles. The monoisotopic (exact) mass is 417 g/mol. The van der Waals surface area contributed by atoms with Crippen LogP contribution >= 0.6 is 8.25 Å². The summed E-state index contributed by atoms with van der Waals surface area (Å²) in [5.41, 5.74) is 0. The van der Waals surface area contributed by atoms with E-state index in [4.69, 9.17) is 9.05 Å². The van der Waals surface area contributed by atoms with Gasteiger partial charge in [0.05, 0.1) is 0 Å². The Labute approximate surface area is 177 Å². The van der Waals surface area contributed by atoms with Crippen molar-refractivity contribution < 1.29 is 13.6 Å². The molecule has 168 valence electrons. The van der Waals surface area contributed by atoms with Crippen molar-refractivity contribution in [1.82, 2.24) is 0 Å². The lowest BCUT2D eigenvalue weighted by Gasteiger charge is -2.13. The van der Waals surface area contributed by atoms with Gasteiger partial charge in [-0.05, 0) is 24.7 Å². The highest BCUT2D eigenvalue weighted by Crippen LogP contribution is 2.28. The average Bonchev–Trinajstić information content (AvgIpc) is 2.70. The Morgan fingerprint density at radius 2 is 0.964 bits per heavy atom. The van der Waals surface area contributed by atoms with E-state index in [-0.39, 0.29) is 0 Å². The van der Waals surface area contributed by atoms with E-state index in [1.807, 2.05) is 0 Å². The first-order valence-corrected chi connectivity index (χ1v) is 13.5. The molecule has 0 rings (SSSR count). The van der Waals surface area contributed by atoms with Gasteiger partial charge in [0.15, 0.2) is 0 Å². The standard InChI is InChI=1S/C24H50O3P/c1-5-9-11-13-15-17-23(7-3)19-21-26-28(25)27-22-20-24(8-4)18-16-14-12-10-6-2/h23-24H,5-22H2,1-4H3/q+1. The second-order valence-electron chi connectivity index (χ2n) is 8.42. The van der Waals surface area contributed by atoms with Crippen molar-refractivity contribution in [1.29, 1.82) is 0 Å². The lowest BCUT2D eigenvalue weighted by Crippen LogP contribution is -2.05. The lowest BCUT2D eigenvalue weighted by atomic mass is 9.95. The van der Waals surface area contributed by atoms with Crippen molar-refractivity contribution >= 4 is 8.25 Å². The Hall–Kier alpha value is 0.0200. The van der Waals surface area contributed by atoms with Gasteiger partial charge in [-0.3, -0.25) is 0 Å². The lowest BCUT2D eigenvalue weighted by molar-refractivity contribution is 0.196. The Morgan fingerprint density at radius 1 is 0.571 bits per heavy atom. The topological polar surface area (TPSA) is 35.5 Å². The van der Waals surface area contributed by atoms with Crippen LogP contribution in [0.25, 0.3) is 0 Å². The van der Waals surface area contributed by atoms with Crippen LogP contribution in [-0.4, -0.2) is 13.2 Å². The molecule has 0 aromatic heterocycles. The average molecular weight is 418 g/mol. The molecule has 0 fully saturated rings. The van der Waals surface area contributed by atoms with Crippen molar-refractivity contribution in [2.24, 2.45) is 11.8 Å². The highest BCUT2D eigenvalue weighted by atomic mass is 31.1. The van der Waals surface area contributed by atoms with E-state index in [9.17, 15) is 4.57 Å². The van der Waals surface area contributed by atoms with Crippen LogP contribution in [0.15, 0.2) is 0 Å². The summed E-state index contributed by atoms with van der Waals surface area (Å²) in [6.45, 7) is 10.1. The van der Waals surface area contributed by atoms with Gasteiger partial charge in [0.2, 0.25) is 0 Å². The highest BCUT2D eigenvalue weighted by Gasteiger charge is 2.21. The normalized spacial score (nSPS) is 14.2. The molecule has 0 aliphatic carbocycles. The zero-order valence-corrected chi connectivity index (χ0v) is 20.4. The molecule has 0 aliphatic rings. The first-order valence-electron chi connectivity index (χ1n) is 12.4. The van der Waals surface area contributed by atoms with Gasteiger partial charge in [0, 0.05) is 4.57 Å². The summed E-state index contributed by atoms with van der Waals surface area (Å²) >= 11 is 0. The van der Waals surface area contributed by atoms with Crippen LogP contribution < -0.4 is 0 Å². The van der Waals surface area contributed by atoms with E-state index in [0.717, 1.165) is 12.8 Å². The first-order chi connectivity index (χ1) is 13.7. The molecule has 0 aromatic carbocycles. The first kappa shape index (κ1) is 28.0. The number of hydrogen-bond acceptors (Lipinski definition) is 3. The van der Waals surface area contributed by atoms with E-state index >= 15 is 0 Å². The van der Waals surface area contributed by atoms with Crippen LogP contribution in [0.5, 0.6) is 0 Å². The predicted molar refractivity (Wildman–Crippen MR) is 123 cm³/mol. The van der Waals surface area contributed by atoms with Crippen LogP contribution in [0.1, 0.15) is 130 Å². The van der Waals surface area contributed by atoms with E-state index < -0.39 is 8.25 Å². The molecule has 0 amide bonds. The van der Waals surface area contributed by atoms with Gasteiger partial charge < -0.3 is 0 Å². The molecular weight excluding hydrogens is 367 g/mol. The second kappa shape index (κ2) is 21.7. The van der Waals surface area contributed by atoms with Crippen LogP contribution in [0.4, 0.5) is 0 Å². The minimum Gasteiger partial charge on any atom is -0.119 e. The summed E-state index contributed by atoms with van der Waals surface area (Å²) in [5, 5.41) is 0. The third kappa shape index (κ3) is 18.1. The molecule has 0 heterocycles. The SMILES string of the molecule is CCCCCCCC(CC)CCO[P+](=O)OCCC(CC)CCCCCCC. The molecule has 0 spiro atoms. The Bertz CT molecular complexity index is 306. The molecule has 3 nitrogen and oxygen atoms in total. The van der Waals surface area contributed by atoms with Crippen LogP contribution in [0.3, 0.4) is 0 Å². The molecule has 0 aliphatic heterocycles. The van der Waals surface area contributed by atoms with Gasteiger partial charge in [-0.1, -0.05) is 118 Å².